The SMILES string of the molecule is C[C@H](CCC(=O)OCC(F)(F)S(=O)(=O)O)[C@H]1CC[C@H]2[C@@H]3CCC4C[C@H](O)CC[C@]4(C)[C@H]3CC[C@]12C. The molecule has 202 valence electrons. The average Bonchev–Trinajstić information content (AvgIpc) is 3.13. The number of hydrogen-bond donors (Lipinski definition) is 2. The summed E-state index contributed by atoms with van der Waals surface area (Å²) in [6, 6.07) is 0. The van der Waals surface area contributed by atoms with Gasteiger partial charge in [-0.3, -0.25) is 9.35 Å². The van der Waals surface area contributed by atoms with Crippen molar-refractivity contribution in [2.24, 2.45) is 46.3 Å². The first-order valence-corrected chi connectivity index (χ1v) is 14.8. The van der Waals surface area contributed by atoms with Gasteiger partial charge in [0.2, 0.25) is 0 Å². The Bertz CT molecular complexity index is 910. The van der Waals surface area contributed by atoms with E-state index in [0.717, 1.165) is 37.5 Å². The van der Waals surface area contributed by atoms with Gasteiger partial charge in [-0.25, -0.2) is 0 Å². The number of esters is 1. The minimum Gasteiger partial charge on any atom is -0.458 e. The van der Waals surface area contributed by atoms with Crippen LogP contribution in [0.2, 0.25) is 0 Å². The van der Waals surface area contributed by atoms with E-state index < -0.39 is 27.9 Å². The van der Waals surface area contributed by atoms with E-state index >= 15 is 0 Å². The van der Waals surface area contributed by atoms with Gasteiger partial charge < -0.3 is 9.84 Å². The Labute approximate surface area is 208 Å². The zero-order chi connectivity index (χ0) is 25.8. The van der Waals surface area contributed by atoms with Crippen molar-refractivity contribution in [2.45, 2.75) is 103 Å². The fourth-order valence-corrected chi connectivity index (χ4v) is 9.28. The maximum Gasteiger partial charge on any atom is 0.402 e. The number of halogens is 2. The molecular weight excluding hydrogens is 478 g/mol. The molecule has 4 aliphatic rings. The summed E-state index contributed by atoms with van der Waals surface area (Å²) in [6.45, 7) is 5.37. The van der Waals surface area contributed by atoms with Gasteiger partial charge in [0, 0.05) is 6.42 Å². The first-order valence-electron chi connectivity index (χ1n) is 13.4. The topological polar surface area (TPSA) is 101 Å². The highest BCUT2D eigenvalue weighted by Gasteiger charge is 2.60. The molecule has 0 saturated heterocycles. The largest absolute Gasteiger partial charge is 0.458 e. The lowest BCUT2D eigenvalue weighted by Gasteiger charge is -2.61. The fraction of sp³-hybridized carbons (Fsp3) is 0.962. The lowest BCUT2D eigenvalue weighted by Crippen LogP contribution is -2.54. The van der Waals surface area contributed by atoms with Crippen LogP contribution in [0.15, 0.2) is 0 Å². The second-order valence-corrected chi connectivity index (χ2v) is 14.1. The number of hydrogen-bond acceptors (Lipinski definition) is 5. The molecule has 0 radical (unpaired) electrons. The molecule has 0 amide bonds. The molecule has 4 fully saturated rings. The third-order valence-corrected chi connectivity index (χ3v) is 11.9. The molecule has 1 unspecified atom stereocenters. The normalized spacial score (nSPS) is 42.5. The molecule has 0 aromatic carbocycles. The van der Waals surface area contributed by atoms with Gasteiger partial charge in [-0.2, -0.15) is 17.2 Å². The highest BCUT2D eigenvalue weighted by molar-refractivity contribution is 7.86. The smallest absolute Gasteiger partial charge is 0.402 e. The van der Waals surface area contributed by atoms with Crippen molar-refractivity contribution in [3.05, 3.63) is 0 Å². The minimum absolute atomic E-state index is 0.0475. The molecule has 0 aromatic rings. The van der Waals surface area contributed by atoms with E-state index in [-0.39, 0.29) is 23.9 Å². The van der Waals surface area contributed by atoms with E-state index in [1.165, 1.54) is 32.1 Å². The molecule has 0 aliphatic heterocycles. The molecule has 0 aromatic heterocycles. The Kier molecular flexibility index (Phi) is 7.39. The second-order valence-electron chi connectivity index (χ2n) is 12.6. The highest BCUT2D eigenvalue weighted by Crippen LogP contribution is 2.68. The Morgan fingerprint density at radius 2 is 1.71 bits per heavy atom. The van der Waals surface area contributed by atoms with Crippen LogP contribution in [0, 0.1) is 46.3 Å². The molecule has 4 saturated carbocycles. The molecule has 4 rings (SSSR count). The van der Waals surface area contributed by atoms with E-state index in [1.54, 1.807) is 0 Å². The van der Waals surface area contributed by atoms with Crippen LogP contribution in [0.3, 0.4) is 0 Å². The van der Waals surface area contributed by atoms with Gasteiger partial charge in [0.05, 0.1) is 6.10 Å². The maximum absolute atomic E-state index is 13.3. The number of fused-ring (bicyclic) bond motifs is 5. The predicted octanol–water partition coefficient (Wildman–Crippen LogP) is 5.45. The van der Waals surface area contributed by atoms with Crippen LogP contribution in [0.5, 0.6) is 0 Å². The standard InChI is InChI=1S/C26H42F2O6S/c1-16(4-9-23(30)34-15-26(27,28)35(31,32)33)20-7-8-21-19-6-5-17-14-18(29)10-12-24(17,2)22(19)11-13-25(20,21)3/h16-22,29H,4-15H2,1-3H3,(H,31,32,33)/t16-,17?,18-,19+,20-,21+,22+,24+,25-/m1/s1. The van der Waals surface area contributed by atoms with Crippen LogP contribution < -0.4 is 0 Å². The zero-order valence-electron chi connectivity index (χ0n) is 21.2. The monoisotopic (exact) mass is 520 g/mol. The lowest BCUT2D eigenvalue weighted by molar-refractivity contribution is -0.150. The molecule has 35 heavy (non-hydrogen) atoms. The van der Waals surface area contributed by atoms with Crippen LogP contribution in [-0.2, 0) is 19.6 Å². The molecular formula is C26H42F2O6S. The average molecular weight is 521 g/mol. The molecule has 0 spiro atoms. The van der Waals surface area contributed by atoms with Crippen LogP contribution in [0.4, 0.5) is 8.78 Å². The Hall–Kier alpha value is -0.800. The number of aliphatic hydroxyl groups is 1. The zero-order valence-corrected chi connectivity index (χ0v) is 22.0. The fourth-order valence-electron chi connectivity index (χ4n) is 9.07. The summed E-state index contributed by atoms with van der Waals surface area (Å²) in [5, 5.41) is 5.74. The van der Waals surface area contributed by atoms with Gasteiger partial charge in [0.1, 0.15) is 0 Å². The summed E-state index contributed by atoms with van der Waals surface area (Å²) < 4.78 is 61.1. The first-order chi connectivity index (χ1) is 16.2. The van der Waals surface area contributed by atoms with Crippen molar-refractivity contribution in [3.63, 3.8) is 0 Å². The highest BCUT2D eigenvalue weighted by atomic mass is 32.2. The number of aliphatic hydroxyl groups excluding tert-OH is 1. The summed E-state index contributed by atoms with van der Waals surface area (Å²) in [6.07, 6.45) is 10.5. The van der Waals surface area contributed by atoms with E-state index in [0.29, 0.717) is 29.6 Å². The van der Waals surface area contributed by atoms with Crippen molar-refractivity contribution in [3.8, 4) is 0 Å². The van der Waals surface area contributed by atoms with Gasteiger partial charge in [-0.15, -0.1) is 0 Å². The summed E-state index contributed by atoms with van der Waals surface area (Å²) in [7, 11) is -5.61. The second kappa shape index (κ2) is 9.50. The minimum atomic E-state index is -5.61. The van der Waals surface area contributed by atoms with Crippen molar-refractivity contribution in [1.82, 2.24) is 0 Å². The van der Waals surface area contributed by atoms with Crippen LogP contribution in [0.25, 0.3) is 0 Å². The summed E-state index contributed by atoms with van der Waals surface area (Å²) >= 11 is 0. The van der Waals surface area contributed by atoms with Crippen LogP contribution in [-0.4, -0.2) is 42.0 Å². The first kappa shape index (κ1) is 27.2. The molecule has 0 bridgehead atoms. The third-order valence-electron chi connectivity index (χ3n) is 11.0. The Morgan fingerprint density at radius 1 is 1.06 bits per heavy atom. The van der Waals surface area contributed by atoms with Gasteiger partial charge in [-0.1, -0.05) is 20.8 Å². The van der Waals surface area contributed by atoms with E-state index in [9.17, 15) is 27.1 Å². The summed E-state index contributed by atoms with van der Waals surface area (Å²) in [5.74, 6) is 2.56. The van der Waals surface area contributed by atoms with Crippen molar-refractivity contribution >= 4 is 16.1 Å². The quantitative estimate of drug-likeness (QED) is 0.342. The van der Waals surface area contributed by atoms with Crippen molar-refractivity contribution < 1.29 is 36.4 Å². The number of ether oxygens (including phenoxy) is 1. The van der Waals surface area contributed by atoms with E-state index in [4.69, 9.17) is 4.55 Å². The van der Waals surface area contributed by atoms with Crippen molar-refractivity contribution in [1.29, 1.82) is 0 Å². The Morgan fingerprint density at radius 3 is 2.40 bits per heavy atom. The van der Waals surface area contributed by atoms with Gasteiger partial charge in [-0.05, 0) is 111 Å². The summed E-state index contributed by atoms with van der Waals surface area (Å²) in [4.78, 5) is 12.0. The van der Waals surface area contributed by atoms with Gasteiger partial charge >= 0.3 is 21.3 Å². The maximum atomic E-state index is 13.3. The number of carbonyl (C=O) groups excluding carboxylic acids is 1. The number of alkyl halides is 2. The van der Waals surface area contributed by atoms with Crippen LogP contribution in [0.1, 0.15) is 91.4 Å². The number of carbonyl (C=O) groups is 1. The molecule has 2 N–H and O–H groups in total. The Balaban J connectivity index is 1.35. The van der Waals surface area contributed by atoms with Crippen LogP contribution >= 0.6 is 0 Å². The lowest BCUT2D eigenvalue weighted by atomic mass is 9.44. The molecule has 0 heterocycles. The van der Waals surface area contributed by atoms with E-state index in [2.05, 4.69) is 25.5 Å². The van der Waals surface area contributed by atoms with E-state index in [1.807, 2.05) is 0 Å². The molecule has 9 atom stereocenters. The molecule has 9 heteroatoms. The molecule has 4 aliphatic carbocycles. The van der Waals surface area contributed by atoms with Crippen molar-refractivity contribution in [2.75, 3.05) is 6.61 Å². The number of rotatable bonds is 7. The third kappa shape index (κ3) is 4.90. The summed E-state index contributed by atoms with van der Waals surface area (Å²) in [5.41, 5.74) is 0.543. The predicted molar refractivity (Wildman–Crippen MR) is 127 cm³/mol. The van der Waals surface area contributed by atoms with Gasteiger partial charge in [0.25, 0.3) is 0 Å². The van der Waals surface area contributed by atoms with Gasteiger partial charge in [0.15, 0.2) is 6.61 Å². The molecule has 6 nitrogen and oxygen atoms in total.